The van der Waals surface area contributed by atoms with Crippen LogP contribution in [0.2, 0.25) is 18.1 Å². The average molecular weight is 451 g/mol. The number of ketones is 1. The Morgan fingerprint density at radius 1 is 1.03 bits per heavy atom. The summed E-state index contributed by atoms with van der Waals surface area (Å²) in [5.41, 5.74) is -0.299. The molecule has 5 heteroatoms. The molecule has 4 atom stereocenters. The van der Waals surface area contributed by atoms with Gasteiger partial charge in [-0.15, -0.1) is 0 Å². The molecule has 0 heterocycles. The zero-order valence-corrected chi connectivity index (χ0v) is 21.8. The first-order valence-electron chi connectivity index (χ1n) is 13.1. The molecule has 31 heavy (non-hydrogen) atoms. The number of hydrogen-bond acceptors (Lipinski definition) is 4. The van der Waals surface area contributed by atoms with Crippen molar-refractivity contribution in [3.63, 3.8) is 0 Å². The first-order chi connectivity index (χ1) is 14.7. The van der Waals surface area contributed by atoms with Crippen LogP contribution in [0.4, 0.5) is 0 Å². The number of Topliss-reactive ketones (excluding diaryl/α,β-unsaturated/α-hetero) is 1. The maximum absolute atomic E-state index is 13.2. The SMILES string of the molecule is CC[Si](CC)(CC)OC1(COC(=O)[C@@H](C)[C@H]2CC[C@H]3C(=O)CCC[C@@]23C)CCCCC1. The van der Waals surface area contributed by atoms with Gasteiger partial charge in [0, 0.05) is 12.3 Å². The highest BCUT2D eigenvalue weighted by atomic mass is 28.4. The molecule has 0 saturated heterocycles. The van der Waals surface area contributed by atoms with Crippen LogP contribution in [-0.2, 0) is 18.8 Å². The van der Waals surface area contributed by atoms with Crippen LogP contribution in [0.5, 0.6) is 0 Å². The number of hydrogen-bond donors (Lipinski definition) is 0. The highest BCUT2D eigenvalue weighted by molar-refractivity contribution is 6.73. The maximum Gasteiger partial charge on any atom is 0.309 e. The van der Waals surface area contributed by atoms with Gasteiger partial charge in [0.25, 0.3) is 0 Å². The summed E-state index contributed by atoms with van der Waals surface area (Å²) < 4.78 is 13.1. The molecule has 3 fully saturated rings. The van der Waals surface area contributed by atoms with Gasteiger partial charge in [0.05, 0.1) is 11.5 Å². The lowest BCUT2D eigenvalue weighted by molar-refractivity contribution is -0.160. The quantitative estimate of drug-likeness (QED) is 0.290. The molecule has 4 nitrogen and oxygen atoms in total. The van der Waals surface area contributed by atoms with Crippen molar-refractivity contribution in [3.05, 3.63) is 0 Å². The Bertz CT molecular complexity index is 629. The van der Waals surface area contributed by atoms with E-state index in [9.17, 15) is 9.59 Å². The highest BCUT2D eigenvalue weighted by Crippen LogP contribution is 2.56. The lowest BCUT2D eigenvalue weighted by Crippen LogP contribution is -2.51. The molecule has 0 bridgehead atoms. The number of carbonyl (C=O) groups excluding carboxylic acids is 2. The molecule has 3 aliphatic carbocycles. The van der Waals surface area contributed by atoms with Gasteiger partial charge in [0.2, 0.25) is 0 Å². The first-order valence-corrected chi connectivity index (χ1v) is 15.7. The monoisotopic (exact) mass is 450 g/mol. The van der Waals surface area contributed by atoms with Gasteiger partial charge in [-0.25, -0.2) is 0 Å². The van der Waals surface area contributed by atoms with E-state index in [0.717, 1.165) is 63.1 Å². The highest BCUT2D eigenvalue weighted by Gasteiger charge is 2.54. The van der Waals surface area contributed by atoms with Crippen molar-refractivity contribution >= 4 is 20.1 Å². The van der Waals surface area contributed by atoms with Gasteiger partial charge in [0.1, 0.15) is 12.4 Å². The minimum atomic E-state index is -1.77. The van der Waals surface area contributed by atoms with Gasteiger partial charge in [-0.2, -0.15) is 0 Å². The number of esters is 1. The fraction of sp³-hybridized carbons (Fsp3) is 0.923. The van der Waals surface area contributed by atoms with E-state index >= 15 is 0 Å². The lowest BCUT2D eigenvalue weighted by atomic mass is 9.62. The molecule has 0 aliphatic heterocycles. The molecule has 0 radical (unpaired) electrons. The zero-order chi connectivity index (χ0) is 22.7. The molecule has 0 aromatic carbocycles. The predicted octanol–water partition coefficient (Wildman–Crippen LogP) is 6.68. The van der Waals surface area contributed by atoms with Crippen LogP contribution in [0, 0.1) is 23.2 Å². The van der Waals surface area contributed by atoms with Crippen molar-refractivity contribution in [1.29, 1.82) is 0 Å². The minimum absolute atomic E-state index is 0.0263. The molecular weight excluding hydrogens is 404 g/mol. The fourth-order valence-electron chi connectivity index (χ4n) is 7.19. The van der Waals surface area contributed by atoms with E-state index in [1.807, 2.05) is 6.92 Å². The Morgan fingerprint density at radius 2 is 1.68 bits per heavy atom. The summed E-state index contributed by atoms with van der Waals surface area (Å²) in [4.78, 5) is 25.7. The normalized spacial score (nSPS) is 31.8. The van der Waals surface area contributed by atoms with Crippen LogP contribution < -0.4 is 0 Å². The third kappa shape index (κ3) is 4.97. The van der Waals surface area contributed by atoms with Crippen LogP contribution in [0.1, 0.15) is 98.8 Å². The summed E-state index contributed by atoms with van der Waals surface area (Å²) in [5.74, 6) is 0.612. The molecule has 0 amide bonds. The Morgan fingerprint density at radius 3 is 2.29 bits per heavy atom. The van der Waals surface area contributed by atoms with Gasteiger partial charge in [-0.3, -0.25) is 9.59 Å². The van der Waals surface area contributed by atoms with Gasteiger partial charge >= 0.3 is 5.97 Å². The van der Waals surface area contributed by atoms with E-state index in [1.165, 1.54) is 19.3 Å². The van der Waals surface area contributed by atoms with Gasteiger partial charge < -0.3 is 9.16 Å². The van der Waals surface area contributed by atoms with E-state index < -0.39 is 8.32 Å². The van der Waals surface area contributed by atoms with E-state index in [0.29, 0.717) is 12.4 Å². The Hall–Kier alpha value is -0.683. The van der Waals surface area contributed by atoms with Crippen LogP contribution in [0.15, 0.2) is 0 Å². The number of ether oxygens (including phenoxy) is 1. The second-order valence-electron chi connectivity index (χ2n) is 11.0. The van der Waals surface area contributed by atoms with Crippen molar-refractivity contribution in [2.45, 2.75) is 123 Å². The Labute approximate surface area is 191 Å². The Kier molecular flexibility index (Phi) is 8.10. The summed E-state index contributed by atoms with van der Waals surface area (Å²) in [7, 11) is -1.77. The predicted molar refractivity (Wildman–Crippen MR) is 127 cm³/mol. The molecule has 178 valence electrons. The van der Waals surface area contributed by atoms with E-state index in [-0.39, 0.29) is 34.7 Å². The zero-order valence-electron chi connectivity index (χ0n) is 20.8. The van der Waals surface area contributed by atoms with E-state index in [2.05, 4.69) is 27.7 Å². The lowest BCUT2D eigenvalue weighted by Gasteiger charge is -2.45. The van der Waals surface area contributed by atoms with Crippen molar-refractivity contribution in [2.75, 3.05) is 6.61 Å². The van der Waals surface area contributed by atoms with Crippen molar-refractivity contribution in [2.24, 2.45) is 23.2 Å². The minimum Gasteiger partial charge on any atom is -0.462 e. The fourth-order valence-corrected chi connectivity index (χ4v) is 10.3. The molecule has 3 aliphatic rings. The topological polar surface area (TPSA) is 52.6 Å². The number of carbonyl (C=O) groups is 2. The molecule has 0 spiro atoms. The third-order valence-corrected chi connectivity index (χ3v) is 14.3. The average Bonchev–Trinajstić information content (AvgIpc) is 3.14. The first kappa shape index (κ1) is 24.9. The summed E-state index contributed by atoms with van der Waals surface area (Å²) in [6, 6.07) is 3.38. The maximum atomic E-state index is 13.2. The van der Waals surface area contributed by atoms with Crippen molar-refractivity contribution < 1.29 is 18.8 Å². The number of fused-ring (bicyclic) bond motifs is 1. The van der Waals surface area contributed by atoms with Gasteiger partial charge in [-0.05, 0) is 68.0 Å². The van der Waals surface area contributed by atoms with Crippen LogP contribution >= 0.6 is 0 Å². The molecular formula is C26H46O4Si. The molecule has 3 rings (SSSR count). The number of rotatable bonds is 9. The van der Waals surface area contributed by atoms with E-state index in [1.54, 1.807) is 0 Å². The third-order valence-electron chi connectivity index (χ3n) is 9.52. The summed E-state index contributed by atoms with van der Waals surface area (Å²) >= 11 is 0. The van der Waals surface area contributed by atoms with Crippen molar-refractivity contribution in [1.82, 2.24) is 0 Å². The molecule has 0 aromatic rings. The van der Waals surface area contributed by atoms with Crippen molar-refractivity contribution in [3.8, 4) is 0 Å². The van der Waals surface area contributed by atoms with Gasteiger partial charge in [0.15, 0.2) is 8.32 Å². The Balaban J connectivity index is 1.67. The smallest absolute Gasteiger partial charge is 0.309 e. The summed E-state index contributed by atoms with van der Waals surface area (Å²) in [6.07, 6.45) is 10.3. The standard InChI is InChI=1S/C26H46O4Si/c1-6-31(7-2,8-3)30-26(17-10-9-11-18-26)19-29-24(28)20(4)21-14-15-22-23(27)13-12-16-25(21,22)5/h20-22H,6-19H2,1-5H3/t20-,21+,22-,25-/m0/s1. The van der Waals surface area contributed by atoms with Gasteiger partial charge in [-0.1, -0.05) is 53.9 Å². The summed E-state index contributed by atoms with van der Waals surface area (Å²) in [5, 5.41) is 0. The van der Waals surface area contributed by atoms with E-state index in [4.69, 9.17) is 9.16 Å². The molecule has 0 N–H and O–H groups in total. The van der Waals surface area contributed by atoms with Crippen LogP contribution in [0.3, 0.4) is 0 Å². The summed E-state index contributed by atoms with van der Waals surface area (Å²) in [6.45, 7) is 11.5. The molecule has 3 saturated carbocycles. The second-order valence-corrected chi connectivity index (χ2v) is 15.7. The van der Waals surface area contributed by atoms with Crippen LogP contribution in [0.25, 0.3) is 0 Å². The molecule has 0 unspecified atom stereocenters. The van der Waals surface area contributed by atoms with Crippen LogP contribution in [-0.4, -0.2) is 32.3 Å². The second kappa shape index (κ2) is 10.1. The molecule has 0 aromatic heterocycles. The largest absolute Gasteiger partial charge is 0.462 e.